The van der Waals surface area contributed by atoms with E-state index in [0.29, 0.717) is 32.4 Å². The van der Waals surface area contributed by atoms with Crippen LogP contribution in [-0.4, -0.2) is 12.2 Å². The van der Waals surface area contributed by atoms with Crippen LogP contribution in [0.5, 0.6) is 0 Å². The Labute approximate surface area is 167 Å². The average molecular weight is 415 g/mol. The molecule has 0 aromatic heterocycles. The maximum Gasteiger partial charge on any atom is 0.132 e. The highest BCUT2D eigenvalue weighted by Gasteiger charge is 2.16. The van der Waals surface area contributed by atoms with Crippen molar-refractivity contribution >= 4 is 46.1 Å². The molecule has 0 aliphatic heterocycles. The van der Waals surface area contributed by atoms with Gasteiger partial charge in [0.1, 0.15) is 5.82 Å². The second-order valence-electron chi connectivity index (χ2n) is 5.74. The molecule has 3 N–H and O–H groups in total. The Hall–Kier alpha value is -1.52. The van der Waals surface area contributed by atoms with Crippen LogP contribution < -0.4 is 5.73 Å². The summed E-state index contributed by atoms with van der Waals surface area (Å²) in [6.07, 6.45) is 7.25. The first-order valence-corrected chi connectivity index (χ1v) is 9.14. The van der Waals surface area contributed by atoms with Crippen molar-refractivity contribution in [3.8, 4) is 0 Å². The van der Waals surface area contributed by atoms with Crippen molar-refractivity contribution < 1.29 is 9.50 Å². The molecular formula is C20H19Cl3FNO. The van der Waals surface area contributed by atoms with E-state index in [0.717, 1.165) is 20.0 Å². The van der Waals surface area contributed by atoms with Gasteiger partial charge in [0, 0.05) is 28.9 Å². The minimum Gasteiger partial charge on any atom is -0.400 e. The highest BCUT2D eigenvalue weighted by atomic mass is 35.5. The normalized spacial score (nSPS) is 13.6. The molecule has 1 aliphatic carbocycles. The third-order valence-corrected chi connectivity index (χ3v) is 5.04. The Morgan fingerprint density at radius 2 is 1.69 bits per heavy atom. The minimum atomic E-state index is -0.447. The van der Waals surface area contributed by atoms with Crippen molar-refractivity contribution in [1.29, 1.82) is 0 Å². The SMILES string of the molecule is CO.Nc1cc(Cl)ccc1/C(=C/C=C1CCC1)c1cc(Cl)c(Cl)cc1F. The van der Waals surface area contributed by atoms with Crippen molar-refractivity contribution in [3.63, 3.8) is 0 Å². The van der Waals surface area contributed by atoms with E-state index in [1.807, 2.05) is 12.2 Å². The topological polar surface area (TPSA) is 46.2 Å². The number of allylic oxidation sites excluding steroid dienone is 3. The number of aliphatic hydroxyl groups is 1. The lowest BCUT2D eigenvalue weighted by atomic mass is 9.90. The van der Waals surface area contributed by atoms with Crippen LogP contribution in [0.2, 0.25) is 15.1 Å². The van der Waals surface area contributed by atoms with Crippen molar-refractivity contribution in [1.82, 2.24) is 0 Å². The van der Waals surface area contributed by atoms with E-state index >= 15 is 0 Å². The molecule has 2 aromatic carbocycles. The van der Waals surface area contributed by atoms with E-state index < -0.39 is 5.82 Å². The average Bonchev–Trinajstić information content (AvgIpc) is 2.56. The van der Waals surface area contributed by atoms with Crippen LogP contribution in [-0.2, 0) is 0 Å². The van der Waals surface area contributed by atoms with Crippen LogP contribution in [0.1, 0.15) is 30.4 Å². The van der Waals surface area contributed by atoms with E-state index in [1.54, 1.807) is 18.2 Å². The number of nitrogens with two attached hydrogens (primary N) is 1. The first-order chi connectivity index (χ1) is 12.5. The summed E-state index contributed by atoms with van der Waals surface area (Å²) in [6.45, 7) is 0. The number of hydrogen-bond acceptors (Lipinski definition) is 2. The van der Waals surface area contributed by atoms with Gasteiger partial charge in [-0.1, -0.05) is 58.6 Å². The predicted molar refractivity (Wildman–Crippen MR) is 109 cm³/mol. The fourth-order valence-corrected chi connectivity index (χ4v) is 3.08. The molecule has 0 saturated heterocycles. The van der Waals surface area contributed by atoms with E-state index in [1.165, 1.54) is 24.1 Å². The molecule has 1 aliphatic rings. The Kier molecular flexibility index (Phi) is 7.54. The molecular weight excluding hydrogens is 396 g/mol. The summed E-state index contributed by atoms with van der Waals surface area (Å²) in [6, 6.07) is 7.91. The van der Waals surface area contributed by atoms with E-state index in [2.05, 4.69) is 0 Å². The zero-order valence-electron chi connectivity index (χ0n) is 14.2. The number of rotatable bonds is 3. The second-order valence-corrected chi connectivity index (χ2v) is 6.99. The molecule has 26 heavy (non-hydrogen) atoms. The standard InChI is InChI=1S/C19H15Cl3FN.CH4O/c20-12-5-7-14(19(24)8-12)13(6-4-11-2-1-3-11)15-9-16(21)17(22)10-18(15)23;1-2/h4-10H,1-3,24H2;2H,1H3/b13-6-;. The number of halogens is 4. The molecule has 0 unspecified atom stereocenters. The smallest absolute Gasteiger partial charge is 0.132 e. The lowest BCUT2D eigenvalue weighted by molar-refractivity contribution is 0.399. The Morgan fingerprint density at radius 3 is 2.27 bits per heavy atom. The number of nitrogen functional groups attached to an aromatic ring is 1. The largest absolute Gasteiger partial charge is 0.400 e. The predicted octanol–water partition coefficient (Wildman–Crippen LogP) is 6.52. The molecule has 1 fully saturated rings. The van der Waals surface area contributed by atoms with Crippen molar-refractivity contribution in [2.24, 2.45) is 0 Å². The fourth-order valence-electron chi connectivity index (χ4n) is 2.58. The number of hydrogen-bond donors (Lipinski definition) is 2. The number of anilines is 1. The molecule has 0 heterocycles. The van der Waals surface area contributed by atoms with E-state index in [-0.39, 0.29) is 5.02 Å². The summed E-state index contributed by atoms with van der Waals surface area (Å²) in [7, 11) is 1.00. The second kappa shape index (κ2) is 9.43. The monoisotopic (exact) mass is 413 g/mol. The maximum absolute atomic E-state index is 14.5. The highest BCUT2D eigenvalue weighted by Crippen LogP contribution is 2.36. The fraction of sp³-hybridized carbons (Fsp3) is 0.200. The first kappa shape index (κ1) is 20.8. The summed E-state index contributed by atoms with van der Waals surface area (Å²) >= 11 is 18.0. The van der Waals surface area contributed by atoms with Gasteiger partial charge < -0.3 is 10.8 Å². The van der Waals surface area contributed by atoms with Gasteiger partial charge in [-0.05, 0) is 49.1 Å². The van der Waals surface area contributed by atoms with E-state index in [4.69, 9.17) is 45.6 Å². The summed E-state index contributed by atoms with van der Waals surface area (Å²) < 4.78 is 14.5. The van der Waals surface area contributed by atoms with Crippen molar-refractivity contribution in [3.05, 3.63) is 80.1 Å². The van der Waals surface area contributed by atoms with Gasteiger partial charge >= 0.3 is 0 Å². The number of benzene rings is 2. The molecule has 0 spiro atoms. The Balaban J connectivity index is 0.00000117. The van der Waals surface area contributed by atoms with Crippen molar-refractivity contribution in [2.45, 2.75) is 19.3 Å². The van der Waals surface area contributed by atoms with Gasteiger partial charge in [-0.3, -0.25) is 0 Å². The molecule has 3 rings (SSSR count). The van der Waals surface area contributed by atoms with Gasteiger partial charge in [-0.15, -0.1) is 0 Å². The van der Waals surface area contributed by atoms with Crippen LogP contribution in [0.3, 0.4) is 0 Å². The third-order valence-electron chi connectivity index (χ3n) is 4.09. The zero-order valence-corrected chi connectivity index (χ0v) is 16.5. The van der Waals surface area contributed by atoms with Gasteiger partial charge in [-0.2, -0.15) is 0 Å². The first-order valence-electron chi connectivity index (χ1n) is 8.00. The maximum atomic E-state index is 14.5. The molecule has 0 amide bonds. The summed E-state index contributed by atoms with van der Waals surface area (Å²) in [4.78, 5) is 0. The molecule has 0 radical (unpaired) electrons. The van der Waals surface area contributed by atoms with Crippen LogP contribution >= 0.6 is 34.8 Å². The van der Waals surface area contributed by atoms with Crippen molar-refractivity contribution in [2.75, 3.05) is 12.8 Å². The lowest BCUT2D eigenvalue weighted by Crippen LogP contribution is -1.99. The molecule has 138 valence electrons. The quantitative estimate of drug-likeness (QED) is 0.443. The van der Waals surface area contributed by atoms with Crippen LogP contribution in [0, 0.1) is 5.82 Å². The van der Waals surface area contributed by atoms with Crippen LogP contribution in [0.4, 0.5) is 10.1 Å². The van der Waals surface area contributed by atoms with E-state index in [9.17, 15) is 4.39 Å². The summed E-state index contributed by atoms with van der Waals surface area (Å²) in [5.41, 5.74) is 9.63. The van der Waals surface area contributed by atoms with Crippen LogP contribution in [0.25, 0.3) is 5.57 Å². The molecule has 0 bridgehead atoms. The van der Waals surface area contributed by atoms with Gasteiger partial charge in [0.25, 0.3) is 0 Å². The summed E-state index contributed by atoms with van der Waals surface area (Å²) in [5, 5.41) is 8.00. The molecule has 2 aromatic rings. The minimum absolute atomic E-state index is 0.179. The van der Waals surface area contributed by atoms with Gasteiger partial charge in [-0.25, -0.2) is 4.39 Å². The number of aliphatic hydroxyl groups excluding tert-OH is 1. The molecule has 6 heteroatoms. The van der Waals surface area contributed by atoms with Gasteiger partial charge in [0.15, 0.2) is 0 Å². The lowest BCUT2D eigenvalue weighted by Gasteiger charge is -2.16. The Morgan fingerprint density at radius 1 is 1.04 bits per heavy atom. The molecule has 1 saturated carbocycles. The summed E-state index contributed by atoms with van der Waals surface area (Å²) in [5.74, 6) is -0.447. The van der Waals surface area contributed by atoms with Gasteiger partial charge in [0.2, 0.25) is 0 Å². The third kappa shape index (κ3) is 4.80. The Bertz CT molecular complexity index is 856. The molecule has 0 atom stereocenters. The van der Waals surface area contributed by atoms with Crippen LogP contribution in [0.15, 0.2) is 48.1 Å². The van der Waals surface area contributed by atoms with Gasteiger partial charge in [0.05, 0.1) is 10.0 Å². The highest BCUT2D eigenvalue weighted by molar-refractivity contribution is 6.42. The molecule has 2 nitrogen and oxygen atoms in total. The zero-order chi connectivity index (χ0) is 19.3.